The minimum absolute atomic E-state index is 0.172. The van der Waals surface area contributed by atoms with E-state index in [9.17, 15) is 9.90 Å². The Morgan fingerprint density at radius 1 is 0.581 bits per heavy atom. The van der Waals surface area contributed by atoms with Crippen molar-refractivity contribution in [1.82, 2.24) is 0 Å². The number of hydrogen-bond acceptors (Lipinski definition) is 4. The summed E-state index contributed by atoms with van der Waals surface area (Å²) in [5.41, 5.74) is 0. The van der Waals surface area contributed by atoms with Gasteiger partial charge in [-0.25, -0.2) is 0 Å². The van der Waals surface area contributed by atoms with E-state index >= 15 is 0 Å². The van der Waals surface area contributed by atoms with E-state index in [2.05, 4.69) is 50.3 Å². The summed E-state index contributed by atoms with van der Waals surface area (Å²) in [5.74, 6) is -0.204. The zero-order valence-electron chi connectivity index (χ0n) is 28.7. The number of ether oxygens (including phenoxy) is 2. The van der Waals surface area contributed by atoms with Gasteiger partial charge in [-0.2, -0.15) is 0 Å². The summed E-state index contributed by atoms with van der Waals surface area (Å²) >= 11 is 0. The molecular formula is C39H72O4. The van der Waals surface area contributed by atoms with Crippen molar-refractivity contribution < 1.29 is 19.4 Å². The summed E-state index contributed by atoms with van der Waals surface area (Å²) in [5, 5.41) is 9.55. The van der Waals surface area contributed by atoms with Crippen molar-refractivity contribution in [2.24, 2.45) is 0 Å². The number of hydrogen-bond donors (Lipinski definition) is 1. The van der Waals surface area contributed by atoms with Crippen LogP contribution in [-0.2, 0) is 14.3 Å². The van der Waals surface area contributed by atoms with E-state index in [1.165, 1.54) is 122 Å². The maximum atomic E-state index is 12.1. The van der Waals surface area contributed by atoms with Gasteiger partial charge in [-0.1, -0.05) is 166 Å². The van der Waals surface area contributed by atoms with Crippen LogP contribution in [0.1, 0.15) is 181 Å². The molecule has 0 aliphatic heterocycles. The molecule has 0 aliphatic rings. The van der Waals surface area contributed by atoms with Gasteiger partial charge in [0.15, 0.2) is 0 Å². The van der Waals surface area contributed by atoms with Crippen LogP contribution in [0.4, 0.5) is 0 Å². The van der Waals surface area contributed by atoms with Crippen LogP contribution >= 0.6 is 0 Å². The van der Waals surface area contributed by atoms with Gasteiger partial charge < -0.3 is 14.6 Å². The van der Waals surface area contributed by atoms with Crippen LogP contribution in [0.25, 0.3) is 0 Å². The molecule has 0 saturated carbocycles. The van der Waals surface area contributed by atoms with Crippen LogP contribution in [0.5, 0.6) is 0 Å². The summed E-state index contributed by atoms with van der Waals surface area (Å²) in [6.07, 6.45) is 44.7. The molecule has 0 radical (unpaired) electrons. The van der Waals surface area contributed by atoms with Crippen molar-refractivity contribution in [3.05, 3.63) is 36.5 Å². The van der Waals surface area contributed by atoms with E-state index in [-0.39, 0.29) is 12.6 Å². The standard InChI is InChI=1S/C39H72O4/c1-3-5-7-9-11-13-15-17-18-19-20-21-23-25-27-29-31-33-35-42-37-38(36-40)43-39(41)34-32-30-28-26-24-22-16-14-12-10-8-6-4-2/h5,7,11,13,17-18,38,40H,3-4,6,8-10,12,14-16,19-37H2,1-2H3/b7-5-,13-11-,18-17-. The second kappa shape index (κ2) is 36.8. The fraction of sp³-hybridized carbons (Fsp3) is 0.821. The quantitative estimate of drug-likeness (QED) is 0.0451. The summed E-state index contributed by atoms with van der Waals surface area (Å²) < 4.78 is 11.1. The Balaban J connectivity index is 3.44. The average molecular weight is 605 g/mol. The molecule has 0 aliphatic carbocycles. The highest BCUT2D eigenvalue weighted by molar-refractivity contribution is 5.69. The Hall–Kier alpha value is -1.39. The Kier molecular flexibility index (Phi) is 35.6. The smallest absolute Gasteiger partial charge is 0.306 e. The van der Waals surface area contributed by atoms with Crippen molar-refractivity contribution >= 4 is 5.97 Å². The van der Waals surface area contributed by atoms with E-state index in [0.29, 0.717) is 19.6 Å². The van der Waals surface area contributed by atoms with E-state index in [1.54, 1.807) is 0 Å². The van der Waals surface area contributed by atoms with Crippen LogP contribution in [0.15, 0.2) is 36.5 Å². The minimum atomic E-state index is -0.534. The summed E-state index contributed by atoms with van der Waals surface area (Å²) in [7, 11) is 0. The third-order valence-electron chi connectivity index (χ3n) is 7.98. The Morgan fingerprint density at radius 3 is 1.58 bits per heavy atom. The number of carbonyl (C=O) groups excluding carboxylic acids is 1. The normalized spacial score (nSPS) is 12.7. The van der Waals surface area contributed by atoms with Crippen molar-refractivity contribution in [1.29, 1.82) is 0 Å². The highest BCUT2D eigenvalue weighted by atomic mass is 16.6. The molecule has 0 fully saturated rings. The number of esters is 1. The largest absolute Gasteiger partial charge is 0.457 e. The highest BCUT2D eigenvalue weighted by Gasteiger charge is 2.13. The lowest BCUT2D eigenvalue weighted by Crippen LogP contribution is -2.27. The number of rotatable bonds is 34. The molecule has 4 heteroatoms. The maximum absolute atomic E-state index is 12.1. The van der Waals surface area contributed by atoms with E-state index in [1.807, 2.05) is 0 Å². The zero-order valence-corrected chi connectivity index (χ0v) is 28.7. The number of unbranched alkanes of at least 4 members (excludes halogenated alkanes) is 20. The molecule has 0 bridgehead atoms. The SMILES string of the molecule is CC/C=C\C/C=C\C/C=C\CCCCCCCCCCOCC(CO)OC(=O)CCCCCCCCCCCCCCC. The highest BCUT2D eigenvalue weighted by Crippen LogP contribution is 2.14. The first-order chi connectivity index (χ1) is 21.2. The molecule has 252 valence electrons. The van der Waals surface area contributed by atoms with Crippen LogP contribution in [0, 0.1) is 0 Å². The van der Waals surface area contributed by atoms with Crippen LogP contribution in [-0.4, -0.2) is 37.0 Å². The molecule has 0 spiro atoms. The molecule has 4 nitrogen and oxygen atoms in total. The number of allylic oxidation sites excluding steroid dienone is 6. The fourth-order valence-electron chi connectivity index (χ4n) is 5.22. The van der Waals surface area contributed by atoms with E-state index in [0.717, 1.165) is 38.5 Å². The van der Waals surface area contributed by atoms with Crippen molar-refractivity contribution in [2.75, 3.05) is 19.8 Å². The molecular weight excluding hydrogens is 532 g/mol. The second-order valence-electron chi connectivity index (χ2n) is 12.3. The monoisotopic (exact) mass is 605 g/mol. The van der Waals surface area contributed by atoms with Crippen LogP contribution in [0.2, 0.25) is 0 Å². The van der Waals surface area contributed by atoms with Crippen molar-refractivity contribution in [3.8, 4) is 0 Å². The number of aliphatic hydroxyl groups excluding tert-OH is 1. The summed E-state index contributed by atoms with van der Waals surface area (Å²) in [6, 6.07) is 0. The molecule has 43 heavy (non-hydrogen) atoms. The molecule has 0 aromatic carbocycles. The molecule has 1 unspecified atom stereocenters. The second-order valence-corrected chi connectivity index (χ2v) is 12.3. The zero-order chi connectivity index (χ0) is 31.3. The van der Waals surface area contributed by atoms with Gasteiger partial charge in [0.05, 0.1) is 13.2 Å². The van der Waals surface area contributed by atoms with E-state index in [4.69, 9.17) is 9.47 Å². The lowest BCUT2D eigenvalue weighted by atomic mass is 10.0. The van der Waals surface area contributed by atoms with E-state index < -0.39 is 6.10 Å². The molecule has 0 aromatic rings. The first kappa shape index (κ1) is 41.6. The molecule has 0 aromatic heterocycles. The molecule has 0 saturated heterocycles. The van der Waals surface area contributed by atoms with Gasteiger partial charge in [-0.15, -0.1) is 0 Å². The number of carbonyl (C=O) groups is 1. The Bertz CT molecular complexity index is 639. The number of aliphatic hydroxyl groups is 1. The van der Waals surface area contributed by atoms with Gasteiger partial charge in [0, 0.05) is 13.0 Å². The predicted octanol–water partition coefficient (Wildman–Crippen LogP) is 11.8. The van der Waals surface area contributed by atoms with Gasteiger partial charge >= 0.3 is 5.97 Å². The molecule has 1 atom stereocenters. The maximum Gasteiger partial charge on any atom is 0.306 e. The Labute approximate surface area is 268 Å². The molecule has 0 amide bonds. The third-order valence-corrected chi connectivity index (χ3v) is 7.98. The van der Waals surface area contributed by atoms with Gasteiger partial charge in [-0.05, 0) is 44.9 Å². The third kappa shape index (κ3) is 35.0. The van der Waals surface area contributed by atoms with Gasteiger partial charge in [0.2, 0.25) is 0 Å². The fourth-order valence-corrected chi connectivity index (χ4v) is 5.22. The molecule has 0 heterocycles. The lowest BCUT2D eigenvalue weighted by Gasteiger charge is -2.16. The van der Waals surface area contributed by atoms with Crippen LogP contribution in [0.3, 0.4) is 0 Å². The minimum Gasteiger partial charge on any atom is -0.457 e. The molecule has 0 rings (SSSR count). The van der Waals surface area contributed by atoms with Crippen molar-refractivity contribution in [3.63, 3.8) is 0 Å². The van der Waals surface area contributed by atoms with Gasteiger partial charge in [0.25, 0.3) is 0 Å². The average Bonchev–Trinajstić information content (AvgIpc) is 3.01. The lowest BCUT2D eigenvalue weighted by molar-refractivity contribution is -0.154. The van der Waals surface area contributed by atoms with Crippen molar-refractivity contribution in [2.45, 2.75) is 187 Å². The summed E-state index contributed by atoms with van der Waals surface area (Å²) in [4.78, 5) is 12.1. The Morgan fingerprint density at radius 2 is 1.05 bits per heavy atom. The van der Waals surface area contributed by atoms with Crippen LogP contribution < -0.4 is 0 Å². The predicted molar refractivity (Wildman–Crippen MR) is 187 cm³/mol. The first-order valence-electron chi connectivity index (χ1n) is 18.6. The van der Waals surface area contributed by atoms with Gasteiger partial charge in [0.1, 0.15) is 6.10 Å². The summed E-state index contributed by atoms with van der Waals surface area (Å²) in [6.45, 7) is 5.23. The first-order valence-corrected chi connectivity index (χ1v) is 18.6. The molecule has 1 N–H and O–H groups in total. The topological polar surface area (TPSA) is 55.8 Å². The van der Waals surface area contributed by atoms with Gasteiger partial charge in [-0.3, -0.25) is 4.79 Å².